The van der Waals surface area contributed by atoms with Crippen molar-refractivity contribution in [3.63, 3.8) is 0 Å². The molecule has 4 rings (SSSR count). The molecule has 0 atom stereocenters. The molecule has 3 aromatic rings. The van der Waals surface area contributed by atoms with E-state index in [1.807, 2.05) is 24.4 Å². The Morgan fingerprint density at radius 1 is 1.28 bits per heavy atom. The summed E-state index contributed by atoms with van der Waals surface area (Å²) >= 11 is 0. The topological polar surface area (TPSA) is 74.2 Å². The van der Waals surface area contributed by atoms with Gasteiger partial charge in [-0.3, -0.25) is 4.79 Å². The minimum Gasteiger partial charge on any atom is -0.451 e. The summed E-state index contributed by atoms with van der Waals surface area (Å²) in [5, 5.41) is 4.51. The van der Waals surface area contributed by atoms with Crippen LogP contribution in [0.15, 0.2) is 34.9 Å². The van der Waals surface area contributed by atoms with E-state index in [-0.39, 0.29) is 5.91 Å². The third kappa shape index (κ3) is 2.99. The van der Waals surface area contributed by atoms with Gasteiger partial charge in [-0.1, -0.05) is 12.8 Å². The highest BCUT2D eigenvalue weighted by Gasteiger charge is 2.19. The molecule has 0 spiro atoms. The zero-order valence-corrected chi connectivity index (χ0v) is 14.5. The van der Waals surface area contributed by atoms with Crippen molar-refractivity contribution < 1.29 is 9.21 Å². The van der Waals surface area contributed by atoms with Gasteiger partial charge in [-0.15, -0.1) is 0 Å². The maximum absolute atomic E-state index is 12.1. The molecule has 1 fully saturated rings. The molecule has 0 unspecified atom stereocenters. The van der Waals surface area contributed by atoms with Crippen LogP contribution in [0.2, 0.25) is 0 Å². The molecule has 1 amide bonds. The second-order valence-electron chi connectivity index (χ2n) is 6.78. The van der Waals surface area contributed by atoms with Gasteiger partial charge >= 0.3 is 0 Å². The molecule has 0 radical (unpaired) electrons. The monoisotopic (exact) mass is 338 g/mol. The smallest absolute Gasteiger partial charge is 0.289 e. The Kier molecular flexibility index (Phi) is 3.95. The van der Waals surface area contributed by atoms with Gasteiger partial charge < -0.3 is 19.6 Å². The van der Waals surface area contributed by atoms with Crippen LogP contribution in [0.1, 0.15) is 36.2 Å². The van der Waals surface area contributed by atoms with Gasteiger partial charge in [0.25, 0.3) is 5.91 Å². The number of aromatic nitrogens is 2. The van der Waals surface area contributed by atoms with Crippen molar-refractivity contribution in [2.24, 2.45) is 0 Å². The number of pyridine rings is 1. The average Bonchev–Trinajstić information content (AvgIpc) is 3.34. The Labute approximate surface area is 146 Å². The Hall–Kier alpha value is -2.76. The Balaban J connectivity index is 1.72. The third-order valence-electron chi connectivity index (χ3n) is 4.72. The molecular formula is C19H22N4O2. The van der Waals surface area contributed by atoms with Crippen LogP contribution in [0, 0.1) is 0 Å². The summed E-state index contributed by atoms with van der Waals surface area (Å²) in [7, 11) is 3.43. The van der Waals surface area contributed by atoms with Crippen LogP contribution < -0.4 is 5.32 Å². The van der Waals surface area contributed by atoms with Gasteiger partial charge in [-0.05, 0) is 37.1 Å². The number of carbonyl (C=O) groups is 1. The predicted octanol–water partition coefficient (Wildman–Crippen LogP) is 3.88. The summed E-state index contributed by atoms with van der Waals surface area (Å²) in [6.07, 6.45) is 6.77. The standard InChI is InChI=1S/C19H22N4O2/c1-23(2)19(24)16-8-7-15(25-16)14-11-17(21-12-5-3-4-6-12)22-18-13(14)9-10-20-18/h7-12H,3-6H2,1-2H3,(H2,20,21,22). The Morgan fingerprint density at radius 3 is 2.84 bits per heavy atom. The van der Waals surface area contributed by atoms with Crippen LogP contribution in [0.3, 0.4) is 0 Å². The van der Waals surface area contributed by atoms with E-state index in [2.05, 4.69) is 15.3 Å². The van der Waals surface area contributed by atoms with Gasteiger partial charge in [0.15, 0.2) is 5.76 Å². The largest absolute Gasteiger partial charge is 0.451 e. The van der Waals surface area contributed by atoms with Crippen LogP contribution in [-0.2, 0) is 0 Å². The highest BCUT2D eigenvalue weighted by atomic mass is 16.4. The van der Waals surface area contributed by atoms with Gasteiger partial charge in [0, 0.05) is 37.3 Å². The zero-order valence-electron chi connectivity index (χ0n) is 14.5. The van der Waals surface area contributed by atoms with Gasteiger partial charge in [0.1, 0.15) is 17.2 Å². The lowest BCUT2D eigenvalue weighted by Gasteiger charge is -2.13. The SMILES string of the molecule is CN(C)C(=O)c1ccc(-c2cc(NC3CCCC3)nc3[nH]ccc23)o1. The molecule has 1 saturated carbocycles. The predicted molar refractivity (Wildman–Crippen MR) is 97.7 cm³/mol. The fourth-order valence-electron chi connectivity index (χ4n) is 3.41. The highest BCUT2D eigenvalue weighted by molar-refractivity contribution is 5.95. The molecular weight excluding hydrogens is 316 g/mol. The van der Waals surface area contributed by atoms with Crippen molar-refractivity contribution in [2.75, 3.05) is 19.4 Å². The number of nitrogens with zero attached hydrogens (tertiary/aromatic N) is 2. The summed E-state index contributed by atoms with van der Waals surface area (Å²) in [5.41, 5.74) is 1.75. The maximum Gasteiger partial charge on any atom is 0.289 e. The highest BCUT2D eigenvalue weighted by Crippen LogP contribution is 2.32. The van der Waals surface area contributed by atoms with Crippen LogP contribution in [-0.4, -0.2) is 40.9 Å². The first-order chi connectivity index (χ1) is 12.1. The van der Waals surface area contributed by atoms with Crippen molar-refractivity contribution in [1.82, 2.24) is 14.9 Å². The molecule has 3 aromatic heterocycles. The van der Waals surface area contributed by atoms with E-state index in [9.17, 15) is 4.79 Å². The summed E-state index contributed by atoms with van der Waals surface area (Å²) in [6, 6.07) is 8.04. The van der Waals surface area contributed by atoms with Crippen molar-refractivity contribution in [2.45, 2.75) is 31.7 Å². The van der Waals surface area contributed by atoms with E-state index < -0.39 is 0 Å². The molecule has 1 aliphatic rings. The van der Waals surface area contributed by atoms with Crippen LogP contribution in [0.5, 0.6) is 0 Å². The number of amides is 1. The number of anilines is 1. The molecule has 25 heavy (non-hydrogen) atoms. The quantitative estimate of drug-likeness (QED) is 0.757. The maximum atomic E-state index is 12.1. The fourth-order valence-corrected chi connectivity index (χ4v) is 3.41. The first kappa shape index (κ1) is 15.7. The summed E-state index contributed by atoms with van der Waals surface area (Å²) < 4.78 is 5.83. The number of hydrogen-bond acceptors (Lipinski definition) is 4. The lowest BCUT2D eigenvalue weighted by atomic mass is 10.1. The molecule has 130 valence electrons. The first-order valence-electron chi connectivity index (χ1n) is 8.68. The molecule has 1 aliphatic carbocycles. The van der Waals surface area contributed by atoms with E-state index in [0.29, 0.717) is 17.6 Å². The van der Waals surface area contributed by atoms with Gasteiger partial charge in [0.2, 0.25) is 0 Å². The number of aromatic amines is 1. The summed E-state index contributed by atoms with van der Waals surface area (Å²) in [4.78, 5) is 21.5. The molecule has 0 saturated heterocycles. The number of nitrogens with one attached hydrogen (secondary N) is 2. The van der Waals surface area contributed by atoms with Crippen LogP contribution in [0.25, 0.3) is 22.4 Å². The second-order valence-corrected chi connectivity index (χ2v) is 6.78. The van der Waals surface area contributed by atoms with E-state index in [4.69, 9.17) is 4.42 Å². The third-order valence-corrected chi connectivity index (χ3v) is 4.72. The zero-order chi connectivity index (χ0) is 17.4. The van der Waals surface area contributed by atoms with Crippen molar-refractivity contribution in [3.8, 4) is 11.3 Å². The lowest BCUT2D eigenvalue weighted by molar-refractivity contribution is 0.0797. The minimum absolute atomic E-state index is 0.144. The normalized spacial score (nSPS) is 15.0. The summed E-state index contributed by atoms with van der Waals surface area (Å²) in [6.45, 7) is 0. The van der Waals surface area contributed by atoms with Crippen molar-refractivity contribution in [1.29, 1.82) is 0 Å². The van der Waals surface area contributed by atoms with Crippen molar-refractivity contribution in [3.05, 3.63) is 36.2 Å². The van der Waals surface area contributed by atoms with Gasteiger partial charge in [-0.25, -0.2) is 4.98 Å². The number of hydrogen-bond donors (Lipinski definition) is 2. The van der Waals surface area contributed by atoms with Crippen LogP contribution in [0.4, 0.5) is 5.82 Å². The molecule has 2 N–H and O–H groups in total. The molecule has 0 bridgehead atoms. The van der Waals surface area contributed by atoms with E-state index in [0.717, 1.165) is 22.4 Å². The lowest BCUT2D eigenvalue weighted by Crippen LogP contribution is -2.20. The molecule has 0 aliphatic heterocycles. The van der Waals surface area contributed by atoms with Gasteiger partial charge in [-0.2, -0.15) is 0 Å². The van der Waals surface area contributed by atoms with E-state index in [1.165, 1.54) is 30.6 Å². The summed E-state index contributed by atoms with van der Waals surface area (Å²) in [5.74, 6) is 1.71. The number of H-pyrrole nitrogens is 1. The Bertz CT molecular complexity index is 903. The number of carbonyl (C=O) groups excluding carboxylic acids is 1. The molecule has 6 heteroatoms. The Morgan fingerprint density at radius 2 is 2.08 bits per heavy atom. The molecule has 0 aromatic carbocycles. The number of rotatable bonds is 4. The fraction of sp³-hybridized carbons (Fsp3) is 0.368. The van der Waals surface area contributed by atoms with E-state index in [1.54, 1.807) is 20.2 Å². The minimum atomic E-state index is -0.144. The van der Waals surface area contributed by atoms with Crippen molar-refractivity contribution >= 4 is 22.8 Å². The second kappa shape index (κ2) is 6.27. The molecule has 3 heterocycles. The first-order valence-corrected chi connectivity index (χ1v) is 8.68. The average molecular weight is 338 g/mol. The number of fused-ring (bicyclic) bond motifs is 1. The molecule has 6 nitrogen and oxygen atoms in total. The number of furan rings is 1. The van der Waals surface area contributed by atoms with E-state index >= 15 is 0 Å². The van der Waals surface area contributed by atoms with Gasteiger partial charge in [0.05, 0.1) is 0 Å². The van der Waals surface area contributed by atoms with Crippen LogP contribution >= 0.6 is 0 Å².